The zero-order chi connectivity index (χ0) is 31.1. The van der Waals surface area contributed by atoms with Gasteiger partial charge in [0, 0.05) is 28.3 Å². The average Bonchev–Trinajstić information content (AvgIpc) is 3.44. The molecule has 0 saturated carbocycles. The van der Waals surface area contributed by atoms with Crippen LogP contribution in [0.5, 0.6) is 0 Å². The average molecular weight is 624 g/mol. The van der Waals surface area contributed by atoms with Gasteiger partial charge in [0.2, 0.25) is 5.91 Å². The molecule has 44 heavy (non-hydrogen) atoms. The summed E-state index contributed by atoms with van der Waals surface area (Å²) in [5.41, 5.74) is 1.94. The van der Waals surface area contributed by atoms with Gasteiger partial charge >= 0.3 is 0 Å². The molecule has 5 rings (SSSR count). The molecule has 1 heterocycles. The SMILES string of the molecule is CC(Sc1cccc(NC(=O)/C(=C\c2ccc([N+](=O)[O-])cc2)NC(=O)c2ccccc2)c1)C(=O)Nc1nc2ccccc2s1. The zero-order valence-electron chi connectivity index (χ0n) is 23.2. The highest BCUT2D eigenvalue weighted by atomic mass is 32.2. The zero-order valence-corrected chi connectivity index (χ0v) is 24.9. The van der Waals surface area contributed by atoms with E-state index in [1.165, 1.54) is 53.4 Å². The molecule has 0 aliphatic carbocycles. The molecule has 220 valence electrons. The fourth-order valence-corrected chi connectivity index (χ4v) is 5.83. The number of hydrogen-bond acceptors (Lipinski definition) is 8. The number of nitro benzene ring substituents is 1. The molecule has 1 atom stereocenters. The lowest BCUT2D eigenvalue weighted by atomic mass is 10.1. The summed E-state index contributed by atoms with van der Waals surface area (Å²) in [5.74, 6) is -1.30. The van der Waals surface area contributed by atoms with Crippen LogP contribution >= 0.6 is 23.1 Å². The number of aromatic nitrogens is 1. The molecule has 3 N–H and O–H groups in total. The molecule has 0 bridgehead atoms. The van der Waals surface area contributed by atoms with Crippen molar-refractivity contribution in [1.82, 2.24) is 10.3 Å². The van der Waals surface area contributed by atoms with Gasteiger partial charge < -0.3 is 16.0 Å². The van der Waals surface area contributed by atoms with E-state index in [-0.39, 0.29) is 17.3 Å². The number of non-ortho nitro benzene ring substituents is 1. The van der Waals surface area contributed by atoms with Crippen LogP contribution in [0.1, 0.15) is 22.8 Å². The third-order valence-corrected chi connectivity index (χ3v) is 8.29. The second kappa shape index (κ2) is 13.8. The van der Waals surface area contributed by atoms with Crippen LogP contribution in [0, 0.1) is 10.1 Å². The molecule has 3 amide bonds. The number of nitrogens with one attached hydrogen (secondary N) is 3. The van der Waals surface area contributed by atoms with Crippen molar-refractivity contribution in [2.24, 2.45) is 0 Å². The number of benzene rings is 4. The van der Waals surface area contributed by atoms with Crippen molar-refractivity contribution in [3.05, 3.63) is 130 Å². The first-order valence-corrected chi connectivity index (χ1v) is 15.0. The van der Waals surface area contributed by atoms with Crippen LogP contribution in [0.15, 0.2) is 114 Å². The van der Waals surface area contributed by atoms with Gasteiger partial charge in [-0.25, -0.2) is 4.98 Å². The first kappa shape index (κ1) is 30.1. The third kappa shape index (κ3) is 7.73. The van der Waals surface area contributed by atoms with Gasteiger partial charge in [-0.1, -0.05) is 47.7 Å². The molecule has 0 saturated heterocycles. The number of thiazole rings is 1. The van der Waals surface area contributed by atoms with E-state index in [1.54, 1.807) is 55.5 Å². The summed E-state index contributed by atoms with van der Waals surface area (Å²) in [6.07, 6.45) is 1.44. The fourth-order valence-electron chi connectivity index (χ4n) is 4.04. The molecular weight excluding hydrogens is 599 g/mol. The quantitative estimate of drug-likeness (QED) is 0.0677. The van der Waals surface area contributed by atoms with E-state index in [9.17, 15) is 24.5 Å². The standard InChI is InChI=1S/C32H25N5O5S2/c1-20(29(38)36-32-35-26-12-5-6-13-28(26)44-32)43-25-11-7-10-23(19-25)33-31(40)27(34-30(39)22-8-3-2-4-9-22)18-21-14-16-24(17-15-21)37(41)42/h2-20H,1H3,(H,33,40)(H,34,39)(H,35,36,38)/b27-18+. The van der Waals surface area contributed by atoms with Crippen LogP contribution in [0.4, 0.5) is 16.5 Å². The second-order valence-corrected chi connectivity index (χ2v) is 11.9. The van der Waals surface area contributed by atoms with E-state index < -0.39 is 22.0 Å². The molecule has 0 aliphatic rings. The highest BCUT2D eigenvalue weighted by molar-refractivity contribution is 8.00. The molecule has 10 nitrogen and oxygen atoms in total. The van der Waals surface area contributed by atoms with Crippen LogP contribution < -0.4 is 16.0 Å². The molecule has 1 unspecified atom stereocenters. The Labute approximate surface area is 260 Å². The minimum atomic E-state index is -0.601. The maximum absolute atomic E-state index is 13.4. The minimum absolute atomic E-state index is 0.0608. The Bertz CT molecular complexity index is 1840. The van der Waals surface area contributed by atoms with Crippen molar-refractivity contribution in [2.45, 2.75) is 17.1 Å². The van der Waals surface area contributed by atoms with E-state index in [0.29, 0.717) is 21.9 Å². The summed E-state index contributed by atoms with van der Waals surface area (Å²) < 4.78 is 0.980. The highest BCUT2D eigenvalue weighted by Gasteiger charge is 2.18. The number of nitro groups is 1. The molecular formula is C32H25N5O5S2. The predicted octanol–water partition coefficient (Wildman–Crippen LogP) is 6.73. The van der Waals surface area contributed by atoms with Gasteiger partial charge in [-0.3, -0.25) is 24.5 Å². The van der Waals surface area contributed by atoms with Crippen LogP contribution in [-0.4, -0.2) is 32.9 Å². The number of carbonyl (C=O) groups is 3. The normalized spacial score (nSPS) is 11.9. The molecule has 0 aliphatic heterocycles. The van der Waals surface area contributed by atoms with E-state index in [2.05, 4.69) is 20.9 Å². The summed E-state index contributed by atoms with van der Waals surface area (Å²) in [6.45, 7) is 1.78. The molecule has 0 radical (unpaired) electrons. The van der Waals surface area contributed by atoms with Crippen LogP contribution in [0.2, 0.25) is 0 Å². The summed E-state index contributed by atoms with van der Waals surface area (Å²) >= 11 is 2.72. The highest BCUT2D eigenvalue weighted by Crippen LogP contribution is 2.29. The number of fused-ring (bicyclic) bond motifs is 1. The Kier molecular flexibility index (Phi) is 9.43. The van der Waals surface area contributed by atoms with Gasteiger partial charge in [0.1, 0.15) is 5.70 Å². The van der Waals surface area contributed by atoms with Gasteiger partial charge in [-0.2, -0.15) is 0 Å². The maximum atomic E-state index is 13.4. The topological polar surface area (TPSA) is 143 Å². The lowest BCUT2D eigenvalue weighted by Gasteiger charge is -2.13. The lowest BCUT2D eigenvalue weighted by Crippen LogP contribution is -2.30. The van der Waals surface area contributed by atoms with Gasteiger partial charge in [-0.15, -0.1) is 11.8 Å². The lowest BCUT2D eigenvalue weighted by molar-refractivity contribution is -0.384. The smallest absolute Gasteiger partial charge is 0.272 e. The molecule has 1 aromatic heterocycles. The van der Waals surface area contributed by atoms with Gasteiger partial charge in [-0.05, 0) is 73.2 Å². The van der Waals surface area contributed by atoms with Crippen molar-refractivity contribution in [2.75, 3.05) is 10.6 Å². The summed E-state index contributed by atoms with van der Waals surface area (Å²) in [6, 6.07) is 28.7. The van der Waals surface area contributed by atoms with Crippen molar-refractivity contribution < 1.29 is 19.3 Å². The van der Waals surface area contributed by atoms with E-state index in [0.717, 1.165) is 15.1 Å². The molecule has 0 spiro atoms. The Hall–Kier alpha value is -5.33. The Morgan fingerprint density at radius 3 is 2.36 bits per heavy atom. The third-order valence-electron chi connectivity index (χ3n) is 6.24. The fraction of sp³-hybridized carbons (Fsp3) is 0.0625. The van der Waals surface area contributed by atoms with Gasteiger partial charge in [0.25, 0.3) is 17.5 Å². The van der Waals surface area contributed by atoms with Crippen molar-refractivity contribution in [1.29, 1.82) is 0 Å². The first-order valence-electron chi connectivity index (χ1n) is 13.3. The first-order chi connectivity index (χ1) is 21.2. The number of para-hydroxylation sites is 1. The maximum Gasteiger partial charge on any atom is 0.272 e. The van der Waals surface area contributed by atoms with Crippen LogP contribution in [0.25, 0.3) is 16.3 Å². The van der Waals surface area contributed by atoms with Gasteiger partial charge in [0.15, 0.2) is 5.13 Å². The summed E-state index contributed by atoms with van der Waals surface area (Å²) in [4.78, 5) is 54.9. The van der Waals surface area contributed by atoms with Crippen molar-refractivity contribution in [3.8, 4) is 0 Å². The summed E-state index contributed by atoms with van der Waals surface area (Å²) in [7, 11) is 0. The predicted molar refractivity (Wildman–Crippen MR) is 174 cm³/mol. The minimum Gasteiger partial charge on any atom is -0.321 e. The Balaban J connectivity index is 1.29. The number of hydrogen-bond donors (Lipinski definition) is 3. The number of nitrogens with zero attached hydrogens (tertiary/aromatic N) is 2. The molecule has 0 fully saturated rings. The largest absolute Gasteiger partial charge is 0.321 e. The number of amides is 3. The van der Waals surface area contributed by atoms with Crippen molar-refractivity contribution in [3.63, 3.8) is 0 Å². The van der Waals surface area contributed by atoms with Crippen LogP contribution in [0.3, 0.4) is 0 Å². The Morgan fingerprint density at radius 2 is 1.64 bits per heavy atom. The number of rotatable bonds is 10. The van der Waals surface area contributed by atoms with Gasteiger partial charge in [0.05, 0.1) is 20.4 Å². The Morgan fingerprint density at radius 1 is 0.909 bits per heavy atom. The monoisotopic (exact) mass is 623 g/mol. The number of thioether (sulfide) groups is 1. The second-order valence-electron chi connectivity index (χ2n) is 9.44. The van der Waals surface area contributed by atoms with Crippen LogP contribution in [-0.2, 0) is 9.59 Å². The van der Waals surface area contributed by atoms with Crippen molar-refractivity contribution >= 4 is 73.6 Å². The molecule has 5 aromatic rings. The van der Waals surface area contributed by atoms with E-state index >= 15 is 0 Å². The number of anilines is 2. The van der Waals surface area contributed by atoms with E-state index in [4.69, 9.17) is 0 Å². The van der Waals surface area contributed by atoms with E-state index in [1.807, 2.05) is 30.3 Å². The molecule has 4 aromatic carbocycles. The summed E-state index contributed by atoms with van der Waals surface area (Å²) in [5, 5.41) is 19.4. The molecule has 12 heteroatoms. The number of carbonyl (C=O) groups excluding carboxylic acids is 3.